The summed E-state index contributed by atoms with van der Waals surface area (Å²) in [5.41, 5.74) is 1.51. The summed E-state index contributed by atoms with van der Waals surface area (Å²) in [5, 5.41) is 8.92. The molecule has 1 fully saturated rings. The van der Waals surface area contributed by atoms with E-state index in [1.165, 1.54) is 31.5 Å². The molecule has 0 aromatic heterocycles. The predicted molar refractivity (Wildman–Crippen MR) is 75.7 cm³/mol. The molecule has 0 aliphatic carbocycles. The molecule has 1 aliphatic rings. The van der Waals surface area contributed by atoms with Crippen LogP contribution in [0.4, 0.5) is 0 Å². The van der Waals surface area contributed by atoms with Gasteiger partial charge in [0, 0.05) is 19.7 Å². The Bertz CT molecular complexity index is 338. The number of aliphatic hydroxyl groups is 1. The van der Waals surface area contributed by atoms with E-state index in [0.717, 1.165) is 24.8 Å². The number of rotatable bonds is 5. The Hall–Kier alpha value is -0.860. The molecule has 2 unspecified atom stereocenters. The molecular formula is C16H25NO. The van der Waals surface area contributed by atoms with Crippen LogP contribution in [0.1, 0.15) is 37.7 Å². The lowest BCUT2D eigenvalue weighted by Crippen LogP contribution is -2.40. The maximum atomic E-state index is 8.92. The summed E-state index contributed by atoms with van der Waals surface area (Å²) < 4.78 is 0. The second-order valence-corrected chi connectivity index (χ2v) is 5.35. The highest BCUT2D eigenvalue weighted by Gasteiger charge is 2.28. The first kappa shape index (κ1) is 13.6. The second-order valence-electron chi connectivity index (χ2n) is 5.35. The topological polar surface area (TPSA) is 23.5 Å². The van der Waals surface area contributed by atoms with Crippen molar-refractivity contribution >= 4 is 0 Å². The minimum atomic E-state index is 0.315. The van der Waals surface area contributed by atoms with E-state index >= 15 is 0 Å². The summed E-state index contributed by atoms with van der Waals surface area (Å²) >= 11 is 0. The van der Waals surface area contributed by atoms with Crippen LogP contribution < -0.4 is 0 Å². The number of likely N-dealkylation sites (tertiary alicyclic amines) is 1. The quantitative estimate of drug-likeness (QED) is 0.865. The molecule has 0 saturated carbocycles. The third-order valence-corrected chi connectivity index (χ3v) is 4.20. The molecule has 2 heteroatoms. The Morgan fingerprint density at radius 2 is 2.06 bits per heavy atom. The van der Waals surface area contributed by atoms with Gasteiger partial charge in [-0.25, -0.2) is 0 Å². The highest BCUT2D eigenvalue weighted by Crippen LogP contribution is 2.34. The van der Waals surface area contributed by atoms with Gasteiger partial charge in [0.25, 0.3) is 0 Å². The normalized spacial score (nSPS) is 25.2. The summed E-state index contributed by atoms with van der Waals surface area (Å²) in [6.45, 7) is 6.03. The van der Waals surface area contributed by atoms with Gasteiger partial charge in [-0.2, -0.15) is 0 Å². The van der Waals surface area contributed by atoms with Gasteiger partial charge in [0.2, 0.25) is 0 Å². The van der Waals surface area contributed by atoms with E-state index in [-0.39, 0.29) is 0 Å². The van der Waals surface area contributed by atoms with E-state index < -0.39 is 0 Å². The molecule has 100 valence electrons. The Kier molecular flexibility index (Phi) is 5.21. The van der Waals surface area contributed by atoms with Gasteiger partial charge in [-0.3, -0.25) is 0 Å². The van der Waals surface area contributed by atoms with Crippen molar-refractivity contribution in [1.29, 1.82) is 0 Å². The summed E-state index contributed by atoms with van der Waals surface area (Å²) in [6, 6.07) is 11.0. The molecule has 1 aromatic carbocycles. The highest BCUT2D eigenvalue weighted by atomic mass is 16.3. The van der Waals surface area contributed by atoms with Gasteiger partial charge in [-0.05, 0) is 36.8 Å². The summed E-state index contributed by atoms with van der Waals surface area (Å²) in [6.07, 6.45) is 3.41. The summed E-state index contributed by atoms with van der Waals surface area (Å²) in [7, 11) is 0. The van der Waals surface area contributed by atoms with Crippen LogP contribution in [0.15, 0.2) is 30.3 Å². The minimum Gasteiger partial charge on any atom is -0.396 e. The van der Waals surface area contributed by atoms with Crippen LogP contribution >= 0.6 is 0 Å². The molecule has 2 atom stereocenters. The fraction of sp³-hybridized carbons (Fsp3) is 0.625. The average molecular weight is 247 g/mol. The van der Waals surface area contributed by atoms with E-state index in [1.807, 2.05) is 0 Å². The largest absolute Gasteiger partial charge is 0.396 e. The minimum absolute atomic E-state index is 0.315. The summed E-state index contributed by atoms with van der Waals surface area (Å²) in [5.74, 6) is 1.49. The van der Waals surface area contributed by atoms with Gasteiger partial charge in [-0.15, -0.1) is 0 Å². The van der Waals surface area contributed by atoms with E-state index in [4.69, 9.17) is 5.11 Å². The number of aliphatic hydroxyl groups excluding tert-OH is 1. The maximum absolute atomic E-state index is 8.92. The Balaban J connectivity index is 1.98. The molecule has 2 rings (SSSR count). The average Bonchev–Trinajstić information content (AvgIpc) is 2.45. The van der Waals surface area contributed by atoms with Crippen LogP contribution in [0.5, 0.6) is 0 Å². The first-order valence-corrected chi connectivity index (χ1v) is 7.23. The monoisotopic (exact) mass is 247 g/mol. The SMILES string of the molecule is CCC1CN(CCCO)CCC1c1ccccc1. The number of benzene rings is 1. The van der Waals surface area contributed by atoms with Crippen molar-refractivity contribution in [2.24, 2.45) is 5.92 Å². The van der Waals surface area contributed by atoms with Gasteiger partial charge in [0.05, 0.1) is 0 Å². The van der Waals surface area contributed by atoms with Crippen molar-refractivity contribution in [3.05, 3.63) is 35.9 Å². The Labute approximate surface area is 111 Å². The molecule has 1 aliphatic heterocycles. The zero-order valence-corrected chi connectivity index (χ0v) is 11.4. The van der Waals surface area contributed by atoms with E-state index in [1.54, 1.807) is 0 Å². The molecule has 1 heterocycles. The molecule has 18 heavy (non-hydrogen) atoms. The van der Waals surface area contributed by atoms with E-state index in [0.29, 0.717) is 6.61 Å². The first-order valence-electron chi connectivity index (χ1n) is 7.23. The molecular weight excluding hydrogens is 222 g/mol. The third kappa shape index (κ3) is 3.33. The van der Waals surface area contributed by atoms with Crippen molar-refractivity contribution in [3.8, 4) is 0 Å². The summed E-state index contributed by atoms with van der Waals surface area (Å²) in [4.78, 5) is 2.52. The molecule has 0 amide bonds. The van der Waals surface area contributed by atoms with Crippen LogP contribution in [-0.4, -0.2) is 36.2 Å². The predicted octanol–water partition coefficient (Wildman–Crippen LogP) is 2.88. The molecule has 0 bridgehead atoms. The molecule has 0 spiro atoms. The first-order chi connectivity index (χ1) is 8.85. The molecule has 2 nitrogen and oxygen atoms in total. The van der Waals surface area contributed by atoms with Gasteiger partial charge >= 0.3 is 0 Å². The zero-order chi connectivity index (χ0) is 12.8. The van der Waals surface area contributed by atoms with Gasteiger partial charge in [0.1, 0.15) is 0 Å². The highest BCUT2D eigenvalue weighted by molar-refractivity contribution is 5.21. The number of nitrogens with zero attached hydrogens (tertiary/aromatic N) is 1. The van der Waals surface area contributed by atoms with Gasteiger partial charge in [-0.1, -0.05) is 43.7 Å². The lowest BCUT2D eigenvalue weighted by Gasteiger charge is -2.38. The fourth-order valence-electron chi connectivity index (χ4n) is 3.16. The Morgan fingerprint density at radius 1 is 1.28 bits per heavy atom. The number of hydrogen-bond donors (Lipinski definition) is 1. The number of piperidine rings is 1. The standard InChI is InChI=1S/C16H25NO/c1-2-14-13-17(10-6-12-18)11-9-16(14)15-7-4-3-5-8-15/h3-5,7-8,14,16,18H,2,6,9-13H2,1H3. The molecule has 1 N–H and O–H groups in total. The van der Waals surface area contributed by atoms with Crippen molar-refractivity contribution in [3.63, 3.8) is 0 Å². The maximum Gasteiger partial charge on any atom is 0.0443 e. The smallest absolute Gasteiger partial charge is 0.0443 e. The van der Waals surface area contributed by atoms with Crippen molar-refractivity contribution in [2.45, 2.75) is 32.1 Å². The van der Waals surface area contributed by atoms with Crippen molar-refractivity contribution in [1.82, 2.24) is 4.90 Å². The number of hydrogen-bond acceptors (Lipinski definition) is 2. The molecule has 1 aromatic rings. The van der Waals surface area contributed by atoms with Gasteiger partial charge < -0.3 is 10.0 Å². The van der Waals surface area contributed by atoms with Crippen LogP contribution in [-0.2, 0) is 0 Å². The van der Waals surface area contributed by atoms with Crippen LogP contribution in [0.2, 0.25) is 0 Å². The van der Waals surface area contributed by atoms with Crippen molar-refractivity contribution < 1.29 is 5.11 Å². The lowest BCUT2D eigenvalue weighted by atomic mass is 9.79. The van der Waals surface area contributed by atoms with Crippen LogP contribution in [0.25, 0.3) is 0 Å². The molecule has 1 saturated heterocycles. The lowest BCUT2D eigenvalue weighted by molar-refractivity contribution is 0.139. The zero-order valence-electron chi connectivity index (χ0n) is 11.4. The van der Waals surface area contributed by atoms with E-state index in [9.17, 15) is 0 Å². The Morgan fingerprint density at radius 3 is 2.72 bits per heavy atom. The van der Waals surface area contributed by atoms with Crippen LogP contribution in [0.3, 0.4) is 0 Å². The second kappa shape index (κ2) is 6.91. The van der Waals surface area contributed by atoms with Crippen molar-refractivity contribution in [2.75, 3.05) is 26.2 Å². The van der Waals surface area contributed by atoms with E-state index in [2.05, 4.69) is 42.2 Å². The van der Waals surface area contributed by atoms with Crippen LogP contribution in [0, 0.1) is 5.92 Å². The fourth-order valence-corrected chi connectivity index (χ4v) is 3.16. The molecule has 0 radical (unpaired) electrons. The van der Waals surface area contributed by atoms with Gasteiger partial charge in [0.15, 0.2) is 0 Å². The third-order valence-electron chi connectivity index (χ3n) is 4.20.